The molecule has 0 radical (unpaired) electrons. The lowest BCUT2D eigenvalue weighted by Gasteiger charge is -2.16. The Kier molecular flexibility index (Phi) is 3.75. The van der Waals surface area contributed by atoms with Gasteiger partial charge >= 0.3 is 0 Å². The fourth-order valence-electron chi connectivity index (χ4n) is 3.23. The number of aryl methyl sites for hydroxylation is 2. The third-order valence-corrected chi connectivity index (χ3v) is 5.16. The maximum atomic E-state index is 12.6. The van der Waals surface area contributed by atoms with Crippen LogP contribution in [-0.4, -0.2) is 22.4 Å². The van der Waals surface area contributed by atoms with Crippen LogP contribution < -0.4 is 5.32 Å². The Morgan fingerprint density at radius 1 is 1.00 bits per heavy atom. The summed E-state index contributed by atoms with van der Waals surface area (Å²) in [5.74, 6) is -0.0517. The molecule has 0 saturated heterocycles. The van der Waals surface area contributed by atoms with Crippen molar-refractivity contribution < 1.29 is 4.79 Å². The van der Waals surface area contributed by atoms with Gasteiger partial charge in [0.05, 0.1) is 22.4 Å². The molecule has 1 aliphatic carbocycles. The van der Waals surface area contributed by atoms with Crippen LogP contribution in [0.2, 0.25) is 0 Å². The predicted octanol–water partition coefficient (Wildman–Crippen LogP) is 3.71. The first-order chi connectivity index (χ1) is 12.1. The number of amides is 1. The molecular formula is C21H21N3O. The van der Waals surface area contributed by atoms with Crippen LogP contribution in [-0.2, 0) is 5.41 Å². The van der Waals surface area contributed by atoms with E-state index in [9.17, 15) is 4.79 Å². The Bertz CT molecular complexity index is 946. The second kappa shape index (κ2) is 5.96. The molecule has 4 nitrogen and oxygen atoms in total. The average molecular weight is 331 g/mol. The van der Waals surface area contributed by atoms with Crippen LogP contribution in [0, 0.1) is 13.8 Å². The first-order valence-corrected chi connectivity index (χ1v) is 8.66. The van der Waals surface area contributed by atoms with Crippen molar-refractivity contribution >= 4 is 16.9 Å². The zero-order valence-corrected chi connectivity index (χ0v) is 14.5. The monoisotopic (exact) mass is 331 g/mol. The molecule has 1 heterocycles. The second-order valence-electron chi connectivity index (χ2n) is 6.93. The molecule has 1 amide bonds. The van der Waals surface area contributed by atoms with E-state index in [1.807, 2.05) is 38.1 Å². The summed E-state index contributed by atoms with van der Waals surface area (Å²) >= 11 is 0. The second-order valence-corrected chi connectivity index (χ2v) is 6.93. The minimum absolute atomic E-state index is 0.0517. The Morgan fingerprint density at radius 3 is 2.36 bits per heavy atom. The number of hydrogen-bond donors (Lipinski definition) is 1. The van der Waals surface area contributed by atoms with E-state index < -0.39 is 0 Å². The number of carbonyl (C=O) groups is 1. The number of rotatable bonds is 4. The molecule has 4 heteroatoms. The molecule has 25 heavy (non-hydrogen) atoms. The van der Waals surface area contributed by atoms with Crippen LogP contribution in [0.15, 0.2) is 48.5 Å². The summed E-state index contributed by atoms with van der Waals surface area (Å²) in [5, 5.41) is 3.10. The van der Waals surface area contributed by atoms with E-state index in [1.54, 1.807) is 0 Å². The predicted molar refractivity (Wildman–Crippen MR) is 98.7 cm³/mol. The Balaban J connectivity index is 1.52. The maximum Gasteiger partial charge on any atom is 0.251 e. The zero-order valence-electron chi connectivity index (χ0n) is 14.5. The minimum Gasteiger partial charge on any atom is -0.351 e. The first kappa shape index (κ1) is 15.8. The summed E-state index contributed by atoms with van der Waals surface area (Å²) < 4.78 is 0. The summed E-state index contributed by atoms with van der Waals surface area (Å²) in [5.41, 5.74) is 5.46. The number of hydrogen-bond acceptors (Lipinski definition) is 3. The lowest BCUT2D eigenvalue weighted by Crippen LogP contribution is -2.32. The van der Waals surface area contributed by atoms with Crippen LogP contribution in [0.3, 0.4) is 0 Å². The van der Waals surface area contributed by atoms with E-state index in [0.29, 0.717) is 12.1 Å². The van der Waals surface area contributed by atoms with Gasteiger partial charge in [0.15, 0.2) is 0 Å². The van der Waals surface area contributed by atoms with E-state index in [4.69, 9.17) is 0 Å². The highest BCUT2D eigenvalue weighted by Gasteiger charge is 2.44. The normalized spacial score (nSPS) is 15.1. The van der Waals surface area contributed by atoms with Gasteiger partial charge in [-0.3, -0.25) is 4.79 Å². The van der Waals surface area contributed by atoms with Crippen molar-refractivity contribution in [2.45, 2.75) is 32.1 Å². The molecule has 0 aliphatic heterocycles. The molecule has 1 aromatic heterocycles. The number of benzene rings is 2. The van der Waals surface area contributed by atoms with E-state index >= 15 is 0 Å². The Morgan fingerprint density at radius 2 is 1.68 bits per heavy atom. The Hall–Kier alpha value is -2.75. The molecule has 1 aliphatic rings. The molecule has 0 spiro atoms. The highest BCUT2D eigenvalue weighted by atomic mass is 16.1. The van der Waals surface area contributed by atoms with Gasteiger partial charge in [-0.05, 0) is 50.5 Å². The molecule has 1 saturated carbocycles. The number of fused-ring (bicyclic) bond motifs is 1. The largest absolute Gasteiger partial charge is 0.351 e. The van der Waals surface area contributed by atoms with E-state index in [2.05, 4.69) is 39.6 Å². The van der Waals surface area contributed by atoms with E-state index in [1.165, 1.54) is 5.56 Å². The molecule has 0 bridgehead atoms. The molecule has 1 N–H and O–H groups in total. The maximum absolute atomic E-state index is 12.6. The van der Waals surface area contributed by atoms with Crippen molar-refractivity contribution in [3.63, 3.8) is 0 Å². The first-order valence-electron chi connectivity index (χ1n) is 8.66. The van der Waals surface area contributed by atoms with Gasteiger partial charge in [-0.2, -0.15) is 0 Å². The van der Waals surface area contributed by atoms with Crippen LogP contribution >= 0.6 is 0 Å². The fourth-order valence-corrected chi connectivity index (χ4v) is 3.23. The minimum atomic E-state index is -0.0517. The fraction of sp³-hybridized carbons (Fsp3) is 0.286. The average Bonchev–Trinajstić information content (AvgIpc) is 3.42. The Labute approximate surface area is 147 Å². The third-order valence-electron chi connectivity index (χ3n) is 5.16. The van der Waals surface area contributed by atoms with Crippen LogP contribution in [0.1, 0.15) is 40.2 Å². The number of carbonyl (C=O) groups excluding carboxylic acids is 1. The highest BCUT2D eigenvalue weighted by Crippen LogP contribution is 2.47. The third kappa shape index (κ3) is 3.00. The lowest BCUT2D eigenvalue weighted by atomic mass is 9.96. The van der Waals surface area contributed by atoms with Crippen molar-refractivity contribution in [2.75, 3.05) is 6.54 Å². The molecule has 3 aromatic rings. The molecule has 0 unspecified atom stereocenters. The van der Waals surface area contributed by atoms with Crippen molar-refractivity contribution in [3.8, 4) is 0 Å². The van der Waals surface area contributed by atoms with Crippen LogP contribution in [0.5, 0.6) is 0 Å². The van der Waals surface area contributed by atoms with Gasteiger partial charge in [-0.15, -0.1) is 0 Å². The van der Waals surface area contributed by atoms with Gasteiger partial charge in [0.2, 0.25) is 0 Å². The summed E-state index contributed by atoms with van der Waals surface area (Å²) in [4.78, 5) is 21.6. The number of aromatic nitrogens is 2. The highest BCUT2D eigenvalue weighted by molar-refractivity contribution is 5.97. The van der Waals surface area contributed by atoms with Gasteiger partial charge in [0.1, 0.15) is 0 Å². The van der Waals surface area contributed by atoms with Crippen molar-refractivity contribution in [1.82, 2.24) is 15.3 Å². The molecule has 0 atom stereocenters. The standard InChI is InChI=1S/C21H21N3O/c1-14-15(2)24-19-12-16(8-9-18(19)23-14)20(25)22-13-21(10-11-21)17-6-4-3-5-7-17/h3-9,12H,10-11,13H2,1-2H3,(H,22,25). The van der Waals surface area contributed by atoms with Crippen molar-refractivity contribution in [1.29, 1.82) is 0 Å². The molecular weight excluding hydrogens is 310 g/mol. The summed E-state index contributed by atoms with van der Waals surface area (Å²) in [6.45, 7) is 4.55. The van der Waals surface area contributed by atoms with Crippen LogP contribution in [0.25, 0.3) is 11.0 Å². The topological polar surface area (TPSA) is 54.9 Å². The van der Waals surface area contributed by atoms with Gasteiger partial charge < -0.3 is 5.32 Å². The van der Waals surface area contributed by atoms with E-state index in [0.717, 1.165) is 35.3 Å². The van der Waals surface area contributed by atoms with Crippen molar-refractivity contribution in [3.05, 3.63) is 71.0 Å². The number of nitrogens with zero attached hydrogens (tertiary/aromatic N) is 2. The molecule has 1 fully saturated rings. The van der Waals surface area contributed by atoms with E-state index in [-0.39, 0.29) is 11.3 Å². The smallest absolute Gasteiger partial charge is 0.251 e. The molecule has 126 valence electrons. The molecule has 4 rings (SSSR count). The lowest BCUT2D eigenvalue weighted by molar-refractivity contribution is 0.0950. The summed E-state index contributed by atoms with van der Waals surface area (Å²) in [6.07, 6.45) is 2.25. The van der Waals surface area contributed by atoms with Crippen LogP contribution in [0.4, 0.5) is 0 Å². The van der Waals surface area contributed by atoms with Crippen molar-refractivity contribution in [2.24, 2.45) is 0 Å². The van der Waals surface area contributed by atoms with Gasteiger partial charge in [0.25, 0.3) is 5.91 Å². The number of nitrogens with one attached hydrogen (secondary N) is 1. The summed E-state index contributed by atoms with van der Waals surface area (Å²) in [6, 6.07) is 16.0. The van der Waals surface area contributed by atoms with Gasteiger partial charge in [-0.25, -0.2) is 9.97 Å². The SMILES string of the molecule is Cc1nc2ccc(C(=O)NCC3(c4ccccc4)CC3)cc2nc1C. The van der Waals surface area contributed by atoms with Gasteiger partial charge in [0, 0.05) is 17.5 Å². The quantitative estimate of drug-likeness (QED) is 0.793. The molecule has 2 aromatic carbocycles. The van der Waals surface area contributed by atoms with Gasteiger partial charge in [-0.1, -0.05) is 30.3 Å². The summed E-state index contributed by atoms with van der Waals surface area (Å²) in [7, 11) is 0. The zero-order chi connectivity index (χ0) is 17.4.